The number of carbonyl (C=O) groups excluding carboxylic acids is 1. The van der Waals surface area contributed by atoms with E-state index in [1.165, 1.54) is 0 Å². The van der Waals surface area contributed by atoms with Gasteiger partial charge in [0.2, 0.25) is 5.78 Å². The smallest absolute Gasteiger partial charge is 0.231 e. The van der Waals surface area contributed by atoms with Gasteiger partial charge in [0, 0.05) is 5.39 Å². The predicted molar refractivity (Wildman–Crippen MR) is 100 cm³/mol. The van der Waals surface area contributed by atoms with Gasteiger partial charge in [-0.05, 0) is 67.1 Å². The third-order valence-corrected chi connectivity index (χ3v) is 5.11. The third-order valence-electron chi connectivity index (χ3n) is 3.90. The Balaban J connectivity index is 1.82. The van der Waals surface area contributed by atoms with Gasteiger partial charge in [0.05, 0.1) is 14.5 Å². The van der Waals surface area contributed by atoms with Gasteiger partial charge < -0.3 is 9.84 Å². The van der Waals surface area contributed by atoms with Crippen LogP contribution in [0.3, 0.4) is 0 Å². The van der Waals surface area contributed by atoms with Crippen molar-refractivity contribution in [3.05, 3.63) is 74.4 Å². The van der Waals surface area contributed by atoms with Gasteiger partial charge in [0.25, 0.3) is 0 Å². The Bertz CT molecular complexity index is 1010. The molecule has 0 fully saturated rings. The Morgan fingerprint density at radius 1 is 1.00 bits per heavy atom. The molecule has 3 aromatic carbocycles. The first-order chi connectivity index (χ1) is 11.5. The zero-order valence-electron chi connectivity index (χ0n) is 12.2. The molecule has 0 amide bonds. The molecule has 1 aliphatic rings. The first-order valence-corrected chi connectivity index (χ1v) is 8.77. The number of rotatable bonds is 1. The second-order valence-corrected chi connectivity index (χ2v) is 7.14. The number of Topliss-reactive ketones (excluding diaryl/α,β-unsaturated/α-hetero) is 1. The average Bonchev–Trinajstić information content (AvgIpc) is 2.89. The molecule has 1 heterocycles. The van der Waals surface area contributed by atoms with Crippen LogP contribution in [0.5, 0.6) is 11.5 Å². The van der Waals surface area contributed by atoms with Crippen molar-refractivity contribution in [2.75, 3.05) is 0 Å². The predicted octanol–water partition coefficient (Wildman–Crippen LogP) is 5.69. The van der Waals surface area contributed by atoms with Gasteiger partial charge in [0.1, 0.15) is 11.5 Å². The van der Waals surface area contributed by atoms with E-state index in [1.807, 2.05) is 30.3 Å². The van der Waals surface area contributed by atoms with Crippen molar-refractivity contribution in [3.63, 3.8) is 0 Å². The van der Waals surface area contributed by atoms with E-state index in [1.54, 1.807) is 24.3 Å². The number of hydrogen-bond donors (Lipinski definition) is 1. The van der Waals surface area contributed by atoms with Crippen LogP contribution in [-0.4, -0.2) is 10.9 Å². The second kappa shape index (κ2) is 5.76. The summed E-state index contributed by atoms with van der Waals surface area (Å²) >= 11 is 6.57. The highest BCUT2D eigenvalue weighted by Gasteiger charge is 2.28. The van der Waals surface area contributed by atoms with E-state index in [-0.39, 0.29) is 17.3 Å². The molecule has 4 rings (SSSR count). The van der Waals surface area contributed by atoms with Gasteiger partial charge in [-0.3, -0.25) is 4.79 Å². The molecular formula is C19H10Br2O3. The fourth-order valence-corrected chi connectivity index (χ4v) is 3.96. The Labute approximate surface area is 154 Å². The van der Waals surface area contributed by atoms with Crippen molar-refractivity contribution in [2.45, 2.75) is 0 Å². The van der Waals surface area contributed by atoms with Crippen molar-refractivity contribution in [1.29, 1.82) is 0 Å². The van der Waals surface area contributed by atoms with E-state index >= 15 is 0 Å². The molecule has 118 valence electrons. The van der Waals surface area contributed by atoms with Crippen LogP contribution < -0.4 is 4.74 Å². The monoisotopic (exact) mass is 444 g/mol. The summed E-state index contributed by atoms with van der Waals surface area (Å²) < 4.78 is 6.94. The van der Waals surface area contributed by atoms with Crippen molar-refractivity contribution >= 4 is 54.5 Å². The molecule has 5 heteroatoms. The molecule has 0 saturated carbocycles. The zero-order chi connectivity index (χ0) is 16.8. The lowest BCUT2D eigenvalue weighted by atomic mass is 10.0. The van der Waals surface area contributed by atoms with E-state index < -0.39 is 0 Å². The number of halogens is 2. The highest BCUT2D eigenvalue weighted by Crippen LogP contribution is 2.39. The molecule has 3 nitrogen and oxygen atoms in total. The summed E-state index contributed by atoms with van der Waals surface area (Å²) in [4.78, 5) is 12.6. The standard InChI is InChI=1S/C19H10Br2O3/c20-14-7-10(8-15(21)18(14)23)9-16-17(22)13-6-5-11-3-1-2-4-12(11)19(13)24-16/h1-9,23H. The molecule has 0 bridgehead atoms. The average molecular weight is 446 g/mol. The lowest BCUT2D eigenvalue weighted by Crippen LogP contribution is -1.98. The number of allylic oxidation sites excluding steroid dienone is 1. The Morgan fingerprint density at radius 2 is 1.71 bits per heavy atom. The number of aromatic hydroxyl groups is 1. The Morgan fingerprint density at radius 3 is 2.46 bits per heavy atom. The molecule has 0 unspecified atom stereocenters. The third kappa shape index (κ3) is 2.44. The van der Waals surface area contributed by atoms with Crippen LogP contribution in [0.25, 0.3) is 16.8 Å². The maximum atomic E-state index is 12.6. The summed E-state index contributed by atoms with van der Waals surface area (Å²) in [5.74, 6) is 0.841. The molecule has 0 aliphatic carbocycles. The van der Waals surface area contributed by atoms with Gasteiger partial charge in [0.15, 0.2) is 5.76 Å². The molecule has 1 aliphatic heterocycles. The van der Waals surface area contributed by atoms with Crippen LogP contribution in [0.2, 0.25) is 0 Å². The normalized spacial score (nSPS) is 14.9. The maximum absolute atomic E-state index is 12.6. The number of fused-ring (bicyclic) bond motifs is 3. The number of ketones is 1. The highest BCUT2D eigenvalue weighted by atomic mass is 79.9. The summed E-state index contributed by atoms with van der Waals surface area (Å²) in [6, 6.07) is 15.0. The van der Waals surface area contributed by atoms with Crippen LogP contribution in [-0.2, 0) is 0 Å². The summed E-state index contributed by atoms with van der Waals surface area (Å²) in [6.45, 7) is 0. The fraction of sp³-hybridized carbons (Fsp3) is 0. The van der Waals surface area contributed by atoms with Gasteiger partial charge in [-0.25, -0.2) is 0 Å². The van der Waals surface area contributed by atoms with Crippen molar-refractivity contribution < 1.29 is 14.6 Å². The Hall–Kier alpha value is -2.11. The first-order valence-electron chi connectivity index (χ1n) is 7.18. The van der Waals surface area contributed by atoms with E-state index in [9.17, 15) is 9.90 Å². The van der Waals surface area contributed by atoms with Gasteiger partial charge in [-0.15, -0.1) is 0 Å². The molecule has 0 spiro atoms. The van der Waals surface area contributed by atoms with Gasteiger partial charge in [-0.2, -0.15) is 0 Å². The minimum absolute atomic E-state index is 0.116. The van der Waals surface area contributed by atoms with E-state index in [4.69, 9.17) is 4.74 Å². The van der Waals surface area contributed by atoms with Gasteiger partial charge >= 0.3 is 0 Å². The lowest BCUT2D eigenvalue weighted by molar-refractivity contribution is 0.101. The molecule has 3 aromatic rings. The number of carbonyl (C=O) groups is 1. The van der Waals surface area contributed by atoms with Crippen LogP contribution in [0, 0.1) is 0 Å². The maximum Gasteiger partial charge on any atom is 0.231 e. The van der Waals surface area contributed by atoms with Crippen LogP contribution in [0.15, 0.2) is 63.2 Å². The molecule has 0 atom stereocenters. The zero-order valence-corrected chi connectivity index (χ0v) is 15.4. The number of benzene rings is 3. The number of hydrogen-bond acceptors (Lipinski definition) is 3. The minimum Gasteiger partial charge on any atom is -0.506 e. The van der Waals surface area contributed by atoms with Crippen molar-refractivity contribution in [3.8, 4) is 11.5 Å². The minimum atomic E-state index is -0.143. The van der Waals surface area contributed by atoms with Crippen LogP contribution >= 0.6 is 31.9 Å². The van der Waals surface area contributed by atoms with Crippen molar-refractivity contribution in [2.24, 2.45) is 0 Å². The summed E-state index contributed by atoms with van der Waals surface area (Å²) in [7, 11) is 0. The molecule has 0 saturated heterocycles. The molecule has 24 heavy (non-hydrogen) atoms. The van der Waals surface area contributed by atoms with Gasteiger partial charge in [-0.1, -0.05) is 30.3 Å². The highest BCUT2D eigenvalue weighted by molar-refractivity contribution is 9.11. The lowest BCUT2D eigenvalue weighted by Gasteiger charge is -2.04. The molecular weight excluding hydrogens is 436 g/mol. The van der Waals surface area contributed by atoms with E-state index in [0.29, 0.717) is 20.3 Å². The molecule has 0 radical (unpaired) electrons. The van der Waals surface area contributed by atoms with E-state index in [2.05, 4.69) is 31.9 Å². The first kappa shape index (κ1) is 15.4. The second-order valence-electron chi connectivity index (χ2n) is 5.44. The SMILES string of the molecule is O=C1C(=Cc2cc(Br)c(O)c(Br)c2)Oc2c1ccc1ccccc21. The molecule has 1 N–H and O–H groups in total. The van der Waals surface area contributed by atoms with Crippen LogP contribution in [0.4, 0.5) is 0 Å². The molecule has 0 aromatic heterocycles. The summed E-state index contributed by atoms with van der Waals surface area (Å²) in [6.07, 6.45) is 1.67. The van der Waals surface area contributed by atoms with E-state index in [0.717, 1.165) is 16.3 Å². The quantitative estimate of drug-likeness (QED) is 0.489. The largest absolute Gasteiger partial charge is 0.506 e. The number of phenols is 1. The number of phenolic OH excluding ortho intramolecular Hbond substituents is 1. The van der Waals surface area contributed by atoms with Crippen LogP contribution in [0.1, 0.15) is 15.9 Å². The summed E-state index contributed by atoms with van der Waals surface area (Å²) in [5.41, 5.74) is 1.31. The topological polar surface area (TPSA) is 46.5 Å². The van der Waals surface area contributed by atoms with Crippen molar-refractivity contribution in [1.82, 2.24) is 0 Å². The number of ether oxygens (including phenoxy) is 1. The summed E-state index contributed by atoms with van der Waals surface area (Å²) in [5, 5.41) is 11.7. The Kier molecular flexibility index (Phi) is 3.70. The fourth-order valence-electron chi connectivity index (χ4n) is 2.74.